The first-order valence-electron chi connectivity index (χ1n) is 10.9. The number of carbonyl (C=O) groups excluding carboxylic acids is 1. The number of hydrazine groups is 1. The lowest BCUT2D eigenvalue weighted by Gasteiger charge is -2.40. The Morgan fingerprint density at radius 2 is 2.17 bits per heavy atom. The zero-order valence-electron chi connectivity index (χ0n) is 17.1. The number of nitrogens with two attached hydrogens (primary N) is 1. The van der Waals surface area contributed by atoms with Crippen molar-refractivity contribution in [2.45, 2.75) is 37.8 Å². The summed E-state index contributed by atoms with van der Waals surface area (Å²) >= 11 is 0. The van der Waals surface area contributed by atoms with Gasteiger partial charge in [0.1, 0.15) is 6.17 Å². The fourth-order valence-corrected chi connectivity index (χ4v) is 5.40. The van der Waals surface area contributed by atoms with Crippen LogP contribution in [0, 0.1) is 11.3 Å². The van der Waals surface area contributed by atoms with E-state index in [2.05, 4.69) is 31.3 Å². The van der Waals surface area contributed by atoms with E-state index in [1.807, 2.05) is 6.07 Å². The number of alkyl halides is 1. The maximum atomic E-state index is 13.7. The standard InChI is InChI=1S/C20H31FN8O/c21-13-9-25-18-16(17(22)27-29(18)11-13)19(30)26-14-10-23-5-1-15(14)28-7-3-20(4-8-28)2-6-24-12-20/h1,5,10,13,16-18,24-25,27H,2-4,6-9,11-12,22H2,(H,26,30). The molecule has 0 radical (unpaired) electrons. The normalized spacial score (nSPS) is 33.6. The summed E-state index contributed by atoms with van der Waals surface area (Å²) in [7, 11) is 0. The van der Waals surface area contributed by atoms with Gasteiger partial charge in [-0.25, -0.2) is 14.8 Å². The second-order valence-corrected chi connectivity index (χ2v) is 9.08. The minimum absolute atomic E-state index is 0.185. The summed E-state index contributed by atoms with van der Waals surface area (Å²) in [4.78, 5) is 19.7. The third-order valence-corrected chi connectivity index (χ3v) is 7.18. The molecule has 9 nitrogen and oxygen atoms in total. The highest BCUT2D eigenvalue weighted by Gasteiger charge is 2.47. The average molecular weight is 419 g/mol. The molecule has 4 saturated heterocycles. The van der Waals surface area contributed by atoms with E-state index in [0.717, 1.165) is 44.7 Å². The number of rotatable bonds is 3. The van der Waals surface area contributed by atoms with E-state index in [-0.39, 0.29) is 25.2 Å². The van der Waals surface area contributed by atoms with E-state index in [9.17, 15) is 9.18 Å². The number of pyridine rings is 1. The molecule has 4 aliphatic heterocycles. The minimum Gasteiger partial charge on any atom is -0.370 e. The van der Waals surface area contributed by atoms with Gasteiger partial charge in [-0.15, -0.1) is 0 Å². The van der Waals surface area contributed by atoms with Crippen LogP contribution in [0.3, 0.4) is 0 Å². The van der Waals surface area contributed by atoms with Crippen LogP contribution in [-0.4, -0.2) is 73.7 Å². The third-order valence-electron chi connectivity index (χ3n) is 7.18. The molecule has 4 fully saturated rings. The molecule has 0 bridgehead atoms. The highest BCUT2D eigenvalue weighted by molar-refractivity contribution is 5.96. The van der Waals surface area contributed by atoms with Crippen molar-refractivity contribution in [1.29, 1.82) is 0 Å². The van der Waals surface area contributed by atoms with Crippen LogP contribution >= 0.6 is 0 Å². The van der Waals surface area contributed by atoms with Crippen LogP contribution in [0.15, 0.2) is 18.5 Å². The second kappa shape index (κ2) is 8.01. The van der Waals surface area contributed by atoms with E-state index in [1.165, 1.54) is 6.42 Å². The number of piperidine rings is 1. The highest BCUT2D eigenvalue weighted by atomic mass is 19.1. The Labute approximate surface area is 175 Å². The van der Waals surface area contributed by atoms with Crippen LogP contribution in [0.5, 0.6) is 0 Å². The van der Waals surface area contributed by atoms with Crippen LogP contribution in [0.1, 0.15) is 19.3 Å². The molecular formula is C20H31FN8O. The number of anilines is 2. The van der Waals surface area contributed by atoms with Gasteiger partial charge < -0.3 is 21.3 Å². The monoisotopic (exact) mass is 418 g/mol. The number of nitrogens with zero attached hydrogens (tertiary/aromatic N) is 3. The Balaban J connectivity index is 1.28. The Hall–Kier alpha value is -1.85. The summed E-state index contributed by atoms with van der Waals surface area (Å²) in [5.41, 5.74) is 11.3. The number of amides is 1. The van der Waals surface area contributed by atoms with E-state index in [0.29, 0.717) is 11.1 Å². The molecule has 0 aliphatic carbocycles. The molecule has 30 heavy (non-hydrogen) atoms. The Bertz CT molecular complexity index is 778. The van der Waals surface area contributed by atoms with Crippen molar-refractivity contribution >= 4 is 17.3 Å². The predicted octanol–water partition coefficient (Wildman–Crippen LogP) is -0.411. The van der Waals surface area contributed by atoms with Crippen LogP contribution < -0.4 is 32.0 Å². The topological polar surface area (TPSA) is 111 Å². The first-order chi connectivity index (χ1) is 14.5. The maximum absolute atomic E-state index is 13.7. The fourth-order valence-electron chi connectivity index (χ4n) is 5.40. The summed E-state index contributed by atoms with van der Waals surface area (Å²) in [5, 5.41) is 11.3. The van der Waals surface area contributed by atoms with Crippen LogP contribution in [-0.2, 0) is 4.79 Å². The van der Waals surface area contributed by atoms with Crippen molar-refractivity contribution < 1.29 is 9.18 Å². The molecule has 164 valence electrons. The third kappa shape index (κ3) is 3.67. The summed E-state index contributed by atoms with van der Waals surface area (Å²) in [6.45, 7) is 4.60. The second-order valence-electron chi connectivity index (χ2n) is 9.08. The highest BCUT2D eigenvalue weighted by Crippen LogP contribution is 2.39. The molecule has 1 spiro atoms. The van der Waals surface area contributed by atoms with Crippen molar-refractivity contribution in [2.75, 3.05) is 49.5 Å². The Morgan fingerprint density at radius 1 is 1.33 bits per heavy atom. The number of aromatic nitrogens is 1. The molecule has 1 amide bonds. The number of nitrogens with one attached hydrogen (secondary N) is 4. The zero-order chi connectivity index (χ0) is 20.7. The van der Waals surface area contributed by atoms with Crippen molar-refractivity contribution in [3.8, 4) is 0 Å². The van der Waals surface area contributed by atoms with Gasteiger partial charge in [-0.3, -0.25) is 15.1 Å². The molecule has 0 saturated carbocycles. The molecule has 4 atom stereocenters. The summed E-state index contributed by atoms with van der Waals surface area (Å²) in [6.07, 6.45) is 5.14. The van der Waals surface area contributed by atoms with Gasteiger partial charge in [0.05, 0.1) is 35.8 Å². The molecule has 1 aromatic rings. The molecule has 4 aliphatic rings. The van der Waals surface area contributed by atoms with E-state index in [1.54, 1.807) is 17.4 Å². The van der Waals surface area contributed by atoms with E-state index < -0.39 is 18.3 Å². The largest absolute Gasteiger partial charge is 0.370 e. The smallest absolute Gasteiger partial charge is 0.233 e. The van der Waals surface area contributed by atoms with Crippen molar-refractivity contribution in [3.63, 3.8) is 0 Å². The van der Waals surface area contributed by atoms with Crippen LogP contribution in [0.2, 0.25) is 0 Å². The molecule has 0 aromatic carbocycles. The molecular weight excluding hydrogens is 387 g/mol. The molecule has 6 N–H and O–H groups in total. The van der Waals surface area contributed by atoms with Crippen molar-refractivity contribution in [3.05, 3.63) is 18.5 Å². The first kappa shape index (κ1) is 20.1. The van der Waals surface area contributed by atoms with Crippen molar-refractivity contribution in [2.24, 2.45) is 17.1 Å². The molecule has 10 heteroatoms. The Kier molecular flexibility index (Phi) is 5.36. The van der Waals surface area contributed by atoms with Gasteiger partial charge >= 0.3 is 0 Å². The summed E-state index contributed by atoms with van der Waals surface area (Å²) in [6, 6.07) is 1.96. The van der Waals surface area contributed by atoms with E-state index >= 15 is 0 Å². The molecule has 1 aromatic heterocycles. The lowest BCUT2D eigenvalue weighted by Crippen LogP contribution is -2.58. The van der Waals surface area contributed by atoms with Gasteiger partial charge in [0.15, 0.2) is 0 Å². The first-order valence-corrected chi connectivity index (χ1v) is 10.9. The molecule has 5 rings (SSSR count). The summed E-state index contributed by atoms with van der Waals surface area (Å²) in [5.74, 6) is -0.713. The molecule has 4 unspecified atom stereocenters. The van der Waals surface area contributed by atoms with Gasteiger partial charge in [-0.2, -0.15) is 0 Å². The maximum Gasteiger partial charge on any atom is 0.233 e. The number of carbonyl (C=O) groups is 1. The van der Waals surface area contributed by atoms with Gasteiger partial charge in [0, 0.05) is 38.9 Å². The number of fused-ring (bicyclic) bond motifs is 1. The van der Waals surface area contributed by atoms with E-state index in [4.69, 9.17) is 5.73 Å². The number of hydrogen-bond acceptors (Lipinski definition) is 8. The minimum atomic E-state index is -0.981. The lowest BCUT2D eigenvalue weighted by molar-refractivity contribution is -0.121. The van der Waals surface area contributed by atoms with Gasteiger partial charge in [0.2, 0.25) is 5.91 Å². The predicted molar refractivity (Wildman–Crippen MR) is 112 cm³/mol. The van der Waals surface area contributed by atoms with Gasteiger partial charge in [0.25, 0.3) is 0 Å². The lowest BCUT2D eigenvalue weighted by atomic mass is 9.78. The number of hydrogen-bond donors (Lipinski definition) is 5. The quantitative estimate of drug-likeness (QED) is 0.451. The average Bonchev–Trinajstić information content (AvgIpc) is 3.32. The summed E-state index contributed by atoms with van der Waals surface area (Å²) < 4.78 is 13.7. The van der Waals surface area contributed by atoms with Crippen molar-refractivity contribution in [1.82, 2.24) is 26.1 Å². The van der Waals surface area contributed by atoms with Crippen LogP contribution in [0.4, 0.5) is 15.8 Å². The number of halogens is 1. The molecule has 5 heterocycles. The van der Waals surface area contributed by atoms with Crippen LogP contribution in [0.25, 0.3) is 0 Å². The Morgan fingerprint density at radius 3 is 2.93 bits per heavy atom. The van der Waals surface area contributed by atoms with Gasteiger partial charge in [-0.05, 0) is 37.3 Å². The fraction of sp³-hybridized carbons (Fsp3) is 0.700. The van der Waals surface area contributed by atoms with Gasteiger partial charge in [-0.1, -0.05) is 0 Å². The SMILES string of the molecule is NC1NN2CC(F)CNC2C1C(=O)Nc1cnccc1N1CCC2(CCNC2)CC1. The zero-order valence-corrected chi connectivity index (χ0v) is 17.1.